The van der Waals surface area contributed by atoms with Gasteiger partial charge >= 0.3 is 0 Å². The molecule has 4 heteroatoms. The van der Waals surface area contributed by atoms with E-state index in [1.807, 2.05) is 37.3 Å². The molecule has 0 radical (unpaired) electrons. The normalized spacial score (nSPS) is 10.4. The molecule has 0 atom stereocenters. The second kappa shape index (κ2) is 8.05. The lowest BCUT2D eigenvalue weighted by molar-refractivity contribution is 0.310. The van der Waals surface area contributed by atoms with Crippen LogP contribution in [0.5, 0.6) is 11.5 Å². The number of nitrogens with one attached hydrogen (secondary N) is 1. The minimum absolute atomic E-state index is 0.620. The van der Waals surface area contributed by atoms with Crippen LogP contribution in [0, 0.1) is 0 Å². The Balaban J connectivity index is 2.03. The topological polar surface area (TPSA) is 30.5 Å². The molecule has 0 aromatic heterocycles. The van der Waals surface area contributed by atoms with E-state index in [9.17, 15) is 0 Å². The van der Waals surface area contributed by atoms with Crippen LogP contribution >= 0.6 is 15.9 Å². The SMILES string of the molecule is CCOc1cc(CNCc2ccccc2)c(Br)cc1OC. The maximum Gasteiger partial charge on any atom is 0.161 e. The van der Waals surface area contributed by atoms with E-state index in [4.69, 9.17) is 9.47 Å². The van der Waals surface area contributed by atoms with Gasteiger partial charge in [-0.25, -0.2) is 0 Å². The molecule has 3 nitrogen and oxygen atoms in total. The third-order valence-electron chi connectivity index (χ3n) is 3.12. The fourth-order valence-electron chi connectivity index (χ4n) is 2.08. The first kappa shape index (κ1) is 15.9. The molecule has 0 saturated carbocycles. The first-order chi connectivity index (χ1) is 10.2. The van der Waals surface area contributed by atoms with E-state index in [0.717, 1.165) is 34.6 Å². The van der Waals surface area contributed by atoms with Crippen molar-refractivity contribution >= 4 is 15.9 Å². The standard InChI is InChI=1S/C17H20BrNO2/c1-3-21-17-9-14(15(18)10-16(17)20-2)12-19-11-13-7-5-4-6-8-13/h4-10,19H,3,11-12H2,1-2H3. The Morgan fingerprint density at radius 2 is 1.81 bits per heavy atom. The third kappa shape index (κ3) is 4.48. The molecule has 0 aliphatic carbocycles. The summed E-state index contributed by atoms with van der Waals surface area (Å²) in [6, 6.07) is 14.3. The smallest absolute Gasteiger partial charge is 0.161 e. The predicted molar refractivity (Wildman–Crippen MR) is 88.8 cm³/mol. The summed E-state index contributed by atoms with van der Waals surface area (Å²) in [6.07, 6.45) is 0. The molecule has 0 fully saturated rings. The quantitative estimate of drug-likeness (QED) is 0.814. The van der Waals surface area contributed by atoms with Gasteiger partial charge in [-0.05, 0) is 30.2 Å². The molecular formula is C17H20BrNO2. The molecule has 2 rings (SSSR count). The van der Waals surface area contributed by atoms with Crippen LogP contribution in [-0.4, -0.2) is 13.7 Å². The van der Waals surface area contributed by atoms with E-state index in [2.05, 4.69) is 33.4 Å². The average molecular weight is 350 g/mol. The number of rotatable bonds is 7. The summed E-state index contributed by atoms with van der Waals surface area (Å²) in [5.41, 5.74) is 2.42. The van der Waals surface area contributed by atoms with Crippen LogP contribution in [0.25, 0.3) is 0 Å². The van der Waals surface area contributed by atoms with Crippen LogP contribution in [0.1, 0.15) is 18.1 Å². The van der Waals surface area contributed by atoms with Crippen molar-refractivity contribution in [1.29, 1.82) is 0 Å². The Kier molecular flexibility index (Phi) is 6.08. The van der Waals surface area contributed by atoms with Crippen molar-refractivity contribution in [3.8, 4) is 11.5 Å². The molecule has 0 bridgehead atoms. The van der Waals surface area contributed by atoms with Gasteiger partial charge in [0.25, 0.3) is 0 Å². The van der Waals surface area contributed by atoms with Crippen molar-refractivity contribution in [2.24, 2.45) is 0 Å². The molecule has 21 heavy (non-hydrogen) atoms. The zero-order valence-corrected chi connectivity index (χ0v) is 13.9. The van der Waals surface area contributed by atoms with Crippen molar-refractivity contribution in [3.63, 3.8) is 0 Å². The van der Waals surface area contributed by atoms with Gasteiger partial charge in [0.15, 0.2) is 11.5 Å². The predicted octanol–water partition coefficient (Wildman–Crippen LogP) is 4.15. The number of halogens is 1. The van der Waals surface area contributed by atoms with Crippen molar-refractivity contribution in [2.75, 3.05) is 13.7 Å². The number of hydrogen-bond acceptors (Lipinski definition) is 3. The molecule has 0 saturated heterocycles. The van der Waals surface area contributed by atoms with Crippen LogP contribution in [0.15, 0.2) is 46.9 Å². The zero-order chi connectivity index (χ0) is 15.1. The highest BCUT2D eigenvalue weighted by molar-refractivity contribution is 9.10. The average Bonchev–Trinajstić information content (AvgIpc) is 2.51. The van der Waals surface area contributed by atoms with Gasteiger partial charge < -0.3 is 14.8 Å². The molecule has 2 aromatic carbocycles. The Labute approximate surface area is 134 Å². The van der Waals surface area contributed by atoms with Crippen molar-refractivity contribution in [1.82, 2.24) is 5.32 Å². The van der Waals surface area contributed by atoms with E-state index in [-0.39, 0.29) is 0 Å². The Hall–Kier alpha value is -1.52. The molecule has 112 valence electrons. The first-order valence-electron chi connectivity index (χ1n) is 6.98. The molecule has 0 heterocycles. The van der Waals surface area contributed by atoms with Crippen LogP contribution in [0.2, 0.25) is 0 Å². The van der Waals surface area contributed by atoms with Gasteiger partial charge in [-0.15, -0.1) is 0 Å². The molecule has 1 N–H and O–H groups in total. The van der Waals surface area contributed by atoms with Crippen LogP contribution in [-0.2, 0) is 13.1 Å². The Bertz CT molecular complexity index is 573. The van der Waals surface area contributed by atoms with E-state index < -0.39 is 0 Å². The molecule has 0 amide bonds. The summed E-state index contributed by atoms with van der Waals surface area (Å²) in [5.74, 6) is 1.52. The van der Waals surface area contributed by atoms with Gasteiger partial charge in [-0.1, -0.05) is 46.3 Å². The number of benzene rings is 2. The monoisotopic (exact) mass is 349 g/mol. The van der Waals surface area contributed by atoms with Crippen molar-refractivity contribution in [3.05, 3.63) is 58.1 Å². The maximum absolute atomic E-state index is 5.61. The minimum atomic E-state index is 0.620. The second-order valence-electron chi connectivity index (χ2n) is 4.62. The summed E-state index contributed by atoms with van der Waals surface area (Å²) in [6.45, 7) is 4.19. The second-order valence-corrected chi connectivity index (χ2v) is 5.47. The molecule has 0 aliphatic rings. The van der Waals surface area contributed by atoms with Gasteiger partial charge in [0.1, 0.15) is 0 Å². The Morgan fingerprint density at radius 3 is 2.48 bits per heavy atom. The van der Waals surface area contributed by atoms with Crippen LogP contribution in [0.4, 0.5) is 0 Å². The third-order valence-corrected chi connectivity index (χ3v) is 3.86. The van der Waals surface area contributed by atoms with Gasteiger partial charge in [0.2, 0.25) is 0 Å². The van der Waals surface area contributed by atoms with E-state index in [1.165, 1.54) is 5.56 Å². The molecule has 0 unspecified atom stereocenters. The fraction of sp³-hybridized carbons (Fsp3) is 0.294. The number of hydrogen-bond donors (Lipinski definition) is 1. The van der Waals surface area contributed by atoms with Crippen molar-refractivity contribution in [2.45, 2.75) is 20.0 Å². The zero-order valence-electron chi connectivity index (χ0n) is 12.4. The van der Waals surface area contributed by atoms with Gasteiger partial charge in [0, 0.05) is 17.6 Å². The summed E-state index contributed by atoms with van der Waals surface area (Å²) in [4.78, 5) is 0. The highest BCUT2D eigenvalue weighted by atomic mass is 79.9. The summed E-state index contributed by atoms with van der Waals surface area (Å²) < 4.78 is 12.0. The van der Waals surface area contributed by atoms with Gasteiger partial charge in [-0.2, -0.15) is 0 Å². The Morgan fingerprint density at radius 1 is 1.05 bits per heavy atom. The van der Waals surface area contributed by atoms with Crippen LogP contribution < -0.4 is 14.8 Å². The molecule has 2 aromatic rings. The summed E-state index contributed by atoms with van der Waals surface area (Å²) in [5, 5.41) is 3.44. The lowest BCUT2D eigenvalue weighted by Crippen LogP contribution is -2.13. The van der Waals surface area contributed by atoms with Gasteiger partial charge in [-0.3, -0.25) is 0 Å². The lowest BCUT2D eigenvalue weighted by atomic mass is 10.2. The number of methoxy groups -OCH3 is 1. The van der Waals surface area contributed by atoms with E-state index in [0.29, 0.717) is 6.61 Å². The van der Waals surface area contributed by atoms with E-state index in [1.54, 1.807) is 7.11 Å². The van der Waals surface area contributed by atoms with E-state index >= 15 is 0 Å². The lowest BCUT2D eigenvalue weighted by Gasteiger charge is -2.13. The maximum atomic E-state index is 5.61. The first-order valence-corrected chi connectivity index (χ1v) is 7.77. The summed E-state index contributed by atoms with van der Waals surface area (Å²) in [7, 11) is 1.65. The minimum Gasteiger partial charge on any atom is -0.493 e. The molecule has 0 aliphatic heterocycles. The molecular weight excluding hydrogens is 330 g/mol. The fourth-order valence-corrected chi connectivity index (χ4v) is 2.54. The largest absolute Gasteiger partial charge is 0.493 e. The van der Waals surface area contributed by atoms with Crippen molar-refractivity contribution < 1.29 is 9.47 Å². The van der Waals surface area contributed by atoms with Crippen LogP contribution in [0.3, 0.4) is 0 Å². The summed E-state index contributed by atoms with van der Waals surface area (Å²) >= 11 is 3.58. The highest BCUT2D eigenvalue weighted by Crippen LogP contribution is 2.33. The van der Waals surface area contributed by atoms with Gasteiger partial charge in [0.05, 0.1) is 13.7 Å². The molecule has 0 spiro atoms. The number of ether oxygens (including phenoxy) is 2. The highest BCUT2D eigenvalue weighted by Gasteiger charge is 2.09.